The molecule has 5 nitrogen and oxygen atoms in total. The number of hydrogen-bond acceptors (Lipinski definition) is 5. The fourth-order valence-electron chi connectivity index (χ4n) is 0.471. The highest BCUT2D eigenvalue weighted by molar-refractivity contribution is 6.68. The molecule has 0 aromatic rings. The minimum Gasteiger partial charge on any atom is -0.425 e. The summed E-state index contributed by atoms with van der Waals surface area (Å²) in [6.07, 6.45) is 0. The van der Waals surface area contributed by atoms with E-state index in [0.29, 0.717) is 0 Å². The molecule has 1 rings (SSSR count). The molecule has 0 atom stereocenters. The van der Waals surface area contributed by atoms with E-state index in [0.717, 1.165) is 0 Å². The monoisotopic (exact) mass is 214 g/mol. The largest absolute Gasteiger partial charge is 0.476 e. The van der Waals surface area contributed by atoms with Crippen LogP contribution in [0.15, 0.2) is 0 Å². The predicted molar refractivity (Wildman–Crippen MR) is 43.8 cm³/mol. The Balaban J connectivity index is 2.30. The third-order valence-corrected chi connectivity index (χ3v) is 8.88. The van der Waals surface area contributed by atoms with E-state index < -0.39 is 38.8 Å². The third kappa shape index (κ3) is 3.18. The molecular weight excluding hydrogens is 204 g/mol. The molecule has 1 fully saturated rings. The second kappa shape index (κ2) is 3.89. The minimum absolute atomic E-state index is 0.813. The second-order valence-electron chi connectivity index (χ2n) is 1.95. The Morgan fingerprint density at radius 2 is 1.60 bits per heavy atom. The molecule has 1 aliphatic heterocycles. The maximum atomic E-state index is 9.30. The van der Waals surface area contributed by atoms with Gasteiger partial charge in [-0.3, -0.25) is 0 Å². The first-order chi connectivity index (χ1) is 4.71. The highest BCUT2D eigenvalue weighted by Gasteiger charge is 2.30. The molecule has 0 unspecified atom stereocenters. The van der Waals surface area contributed by atoms with Crippen molar-refractivity contribution < 1.29 is 21.3 Å². The van der Waals surface area contributed by atoms with Gasteiger partial charge in [-0.05, 0) is 0 Å². The Morgan fingerprint density at radius 3 is 2.10 bits per heavy atom. The maximum Gasteiger partial charge on any atom is 0.476 e. The van der Waals surface area contributed by atoms with Crippen LogP contribution in [-0.4, -0.2) is 43.6 Å². The molecule has 1 N–H and O–H groups in total. The van der Waals surface area contributed by atoms with Crippen LogP contribution < -0.4 is 0 Å². The number of hydrogen-bond donors (Lipinski definition) is 1. The van der Waals surface area contributed by atoms with Crippen molar-refractivity contribution in [3.05, 3.63) is 0 Å². The van der Waals surface area contributed by atoms with Gasteiger partial charge in [-0.1, -0.05) is 0 Å². The normalized spacial score (nSPS) is 43.8. The smallest absolute Gasteiger partial charge is 0.425 e. The van der Waals surface area contributed by atoms with Gasteiger partial charge in [0.25, 0.3) is 30.0 Å². The van der Waals surface area contributed by atoms with Crippen LogP contribution in [-0.2, 0) is 16.5 Å². The standard InChI is InChI=1S/CH10O5Si4/c1-10(2)5-8-3-7-4-9-6-10/h2H,7-9H2,1H3. The molecule has 0 aromatic carbocycles. The summed E-state index contributed by atoms with van der Waals surface area (Å²) >= 11 is 0. The lowest BCUT2D eigenvalue weighted by atomic mass is 11.9. The molecular formula is CH10O5Si4. The fraction of sp³-hybridized carbons (Fsp3) is 1.00. The van der Waals surface area contributed by atoms with Gasteiger partial charge >= 0.3 is 8.80 Å². The van der Waals surface area contributed by atoms with Gasteiger partial charge in [-0.15, -0.1) is 0 Å². The molecule has 1 aliphatic rings. The van der Waals surface area contributed by atoms with Gasteiger partial charge in [0.1, 0.15) is 0 Å². The number of rotatable bonds is 0. The first kappa shape index (κ1) is 8.76. The maximum absolute atomic E-state index is 9.30. The molecule has 60 valence electrons. The summed E-state index contributed by atoms with van der Waals surface area (Å²) < 4.78 is 20.2. The zero-order chi connectivity index (χ0) is 7.45. The Morgan fingerprint density at radius 1 is 1.10 bits per heavy atom. The van der Waals surface area contributed by atoms with Crippen molar-refractivity contribution >= 4 is 38.8 Å². The lowest BCUT2D eigenvalue weighted by molar-refractivity contribution is 0.226. The van der Waals surface area contributed by atoms with Crippen LogP contribution in [0.5, 0.6) is 0 Å². The molecule has 0 saturated carbocycles. The summed E-state index contributed by atoms with van der Waals surface area (Å²) in [6.45, 7) is 1.59. The SMILES string of the molecule is C[Si]1(O)O[SiH2]O[SiH2]O[SiH2]O1. The van der Waals surface area contributed by atoms with Crippen molar-refractivity contribution in [1.82, 2.24) is 0 Å². The van der Waals surface area contributed by atoms with Gasteiger partial charge in [0.15, 0.2) is 0 Å². The summed E-state index contributed by atoms with van der Waals surface area (Å²) in [4.78, 5) is 9.30. The lowest BCUT2D eigenvalue weighted by Crippen LogP contribution is -2.44. The van der Waals surface area contributed by atoms with E-state index >= 15 is 0 Å². The first-order valence-corrected chi connectivity index (χ1v) is 8.59. The van der Waals surface area contributed by atoms with Gasteiger partial charge in [-0.25, -0.2) is 0 Å². The molecule has 1 saturated heterocycles. The Hall–Kier alpha value is 0.668. The van der Waals surface area contributed by atoms with Crippen molar-refractivity contribution in [2.24, 2.45) is 0 Å². The summed E-state index contributed by atoms with van der Waals surface area (Å²) in [5.41, 5.74) is 0. The van der Waals surface area contributed by atoms with Crippen LogP contribution >= 0.6 is 0 Å². The zero-order valence-electron chi connectivity index (χ0n) is 5.70. The van der Waals surface area contributed by atoms with E-state index in [1.807, 2.05) is 0 Å². The lowest BCUT2D eigenvalue weighted by Gasteiger charge is -2.23. The van der Waals surface area contributed by atoms with Crippen LogP contribution in [0.2, 0.25) is 6.55 Å². The summed E-state index contributed by atoms with van der Waals surface area (Å²) in [6, 6.07) is 0. The van der Waals surface area contributed by atoms with Crippen molar-refractivity contribution in [3.63, 3.8) is 0 Å². The molecule has 0 aromatic heterocycles. The third-order valence-electron chi connectivity index (χ3n) is 0.987. The molecule has 9 heteroatoms. The van der Waals surface area contributed by atoms with Crippen LogP contribution in [0.4, 0.5) is 0 Å². The molecule has 10 heavy (non-hydrogen) atoms. The molecule has 0 radical (unpaired) electrons. The van der Waals surface area contributed by atoms with Crippen molar-refractivity contribution in [2.45, 2.75) is 6.55 Å². The van der Waals surface area contributed by atoms with Crippen LogP contribution in [0.3, 0.4) is 0 Å². The van der Waals surface area contributed by atoms with Gasteiger partial charge < -0.3 is 21.3 Å². The highest BCUT2D eigenvalue weighted by Crippen LogP contribution is 2.01. The minimum atomic E-state index is -2.78. The van der Waals surface area contributed by atoms with Gasteiger partial charge in [0.2, 0.25) is 0 Å². The molecule has 1 heterocycles. The molecule has 0 bridgehead atoms. The van der Waals surface area contributed by atoms with Crippen molar-refractivity contribution in [2.75, 3.05) is 0 Å². The molecule has 0 amide bonds. The van der Waals surface area contributed by atoms with E-state index in [2.05, 4.69) is 0 Å². The summed E-state index contributed by atoms with van der Waals surface area (Å²) in [7, 11) is -5.60. The molecule has 0 aliphatic carbocycles. The fourth-order valence-corrected chi connectivity index (χ4v) is 7.55. The average molecular weight is 214 g/mol. The van der Waals surface area contributed by atoms with E-state index in [4.69, 9.17) is 16.5 Å². The Bertz CT molecular complexity index is 95.8. The van der Waals surface area contributed by atoms with Gasteiger partial charge in [0, 0.05) is 6.55 Å². The summed E-state index contributed by atoms with van der Waals surface area (Å²) in [5, 5.41) is 0. The van der Waals surface area contributed by atoms with E-state index in [1.54, 1.807) is 6.55 Å². The van der Waals surface area contributed by atoms with E-state index in [9.17, 15) is 4.80 Å². The molecule has 0 spiro atoms. The van der Waals surface area contributed by atoms with Crippen LogP contribution in [0, 0.1) is 0 Å². The van der Waals surface area contributed by atoms with Gasteiger partial charge in [-0.2, -0.15) is 0 Å². The van der Waals surface area contributed by atoms with Gasteiger partial charge in [0.05, 0.1) is 0 Å². The van der Waals surface area contributed by atoms with E-state index in [-0.39, 0.29) is 0 Å². The first-order valence-electron chi connectivity index (χ1n) is 2.86. The highest BCUT2D eigenvalue weighted by atomic mass is 28.5. The summed E-state index contributed by atoms with van der Waals surface area (Å²) in [5.74, 6) is 0. The Kier molecular flexibility index (Phi) is 3.41. The van der Waals surface area contributed by atoms with Crippen LogP contribution in [0.25, 0.3) is 0 Å². The quantitative estimate of drug-likeness (QED) is 0.427. The zero-order valence-corrected chi connectivity index (χ0v) is 10.9. The Labute approximate surface area is 67.2 Å². The van der Waals surface area contributed by atoms with E-state index in [1.165, 1.54) is 0 Å². The average Bonchev–Trinajstić information content (AvgIpc) is 1.81. The predicted octanol–water partition coefficient (Wildman–Crippen LogP) is -3.38. The topological polar surface area (TPSA) is 57.2 Å². The second-order valence-corrected chi connectivity index (χ2v) is 10.0. The van der Waals surface area contributed by atoms with Crippen LogP contribution in [0.1, 0.15) is 0 Å². The van der Waals surface area contributed by atoms with Crippen molar-refractivity contribution in [1.29, 1.82) is 0 Å². The van der Waals surface area contributed by atoms with Crippen molar-refractivity contribution in [3.8, 4) is 0 Å².